The van der Waals surface area contributed by atoms with E-state index in [0.29, 0.717) is 22.6 Å². The molecule has 29 heavy (non-hydrogen) atoms. The van der Waals surface area contributed by atoms with Crippen molar-refractivity contribution in [3.8, 4) is 5.75 Å². The molecular formula is C23H22N2O4. The molecular weight excluding hydrogens is 368 g/mol. The average molecular weight is 390 g/mol. The summed E-state index contributed by atoms with van der Waals surface area (Å²) in [6.07, 6.45) is -0.0478. The van der Waals surface area contributed by atoms with Crippen LogP contribution in [0.25, 0.3) is 10.9 Å². The van der Waals surface area contributed by atoms with Gasteiger partial charge in [0, 0.05) is 42.7 Å². The van der Waals surface area contributed by atoms with E-state index in [1.807, 2.05) is 35.9 Å². The molecule has 2 aromatic carbocycles. The van der Waals surface area contributed by atoms with Crippen LogP contribution in [-0.4, -0.2) is 41.2 Å². The van der Waals surface area contributed by atoms with Crippen molar-refractivity contribution < 1.29 is 19.1 Å². The van der Waals surface area contributed by atoms with Crippen LogP contribution in [0.4, 0.5) is 0 Å². The topological polar surface area (TPSA) is 68.6 Å². The second kappa shape index (κ2) is 6.58. The number of fused-ring (bicyclic) bond motifs is 3. The lowest BCUT2D eigenvalue weighted by Gasteiger charge is -2.37. The molecule has 2 heterocycles. The molecule has 1 atom stereocenters. The van der Waals surface area contributed by atoms with Crippen molar-refractivity contribution in [2.45, 2.75) is 18.8 Å². The van der Waals surface area contributed by atoms with Gasteiger partial charge >= 0.3 is 0 Å². The summed E-state index contributed by atoms with van der Waals surface area (Å²) >= 11 is 0. The van der Waals surface area contributed by atoms with Crippen LogP contribution < -0.4 is 4.74 Å². The SMILES string of the molecule is COc1cccc(C(=O)CC2(C)C(=O)N(C)C(=O)c3c2n(C)c2ccccc32)c1. The zero-order valence-electron chi connectivity index (χ0n) is 16.9. The Bertz CT molecular complexity index is 1180. The van der Waals surface area contributed by atoms with Gasteiger partial charge in [-0.2, -0.15) is 0 Å². The van der Waals surface area contributed by atoms with Crippen LogP contribution in [0.2, 0.25) is 0 Å². The summed E-state index contributed by atoms with van der Waals surface area (Å²) < 4.78 is 7.08. The molecule has 0 aliphatic carbocycles. The number of aromatic nitrogens is 1. The van der Waals surface area contributed by atoms with Gasteiger partial charge in [-0.25, -0.2) is 0 Å². The number of carbonyl (C=O) groups excluding carboxylic acids is 3. The van der Waals surface area contributed by atoms with Crippen LogP contribution in [0.3, 0.4) is 0 Å². The number of ether oxygens (including phenoxy) is 1. The summed E-state index contributed by atoms with van der Waals surface area (Å²) in [6, 6.07) is 14.4. The van der Waals surface area contributed by atoms with E-state index in [2.05, 4.69) is 0 Å². The monoisotopic (exact) mass is 390 g/mol. The summed E-state index contributed by atoms with van der Waals surface area (Å²) in [5.74, 6) is -0.322. The molecule has 4 rings (SSSR count). The third kappa shape index (κ3) is 2.67. The molecule has 148 valence electrons. The molecule has 6 nitrogen and oxygen atoms in total. The lowest BCUT2D eigenvalue weighted by molar-refractivity contribution is -0.133. The summed E-state index contributed by atoms with van der Waals surface area (Å²) in [5, 5.41) is 0.786. The molecule has 1 aliphatic heterocycles. The minimum atomic E-state index is -1.16. The van der Waals surface area contributed by atoms with Crippen LogP contribution in [0.1, 0.15) is 39.8 Å². The maximum atomic E-state index is 13.3. The minimum absolute atomic E-state index is 0.0478. The lowest BCUT2D eigenvalue weighted by atomic mass is 9.75. The third-order valence-corrected chi connectivity index (χ3v) is 5.83. The zero-order valence-corrected chi connectivity index (χ0v) is 16.9. The quantitative estimate of drug-likeness (QED) is 0.506. The minimum Gasteiger partial charge on any atom is -0.497 e. The maximum absolute atomic E-state index is 13.3. The van der Waals surface area contributed by atoms with E-state index in [4.69, 9.17) is 4.74 Å². The number of methoxy groups -OCH3 is 1. The van der Waals surface area contributed by atoms with Gasteiger partial charge in [0.05, 0.1) is 18.1 Å². The van der Waals surface area contributed by atoms with Crippen molar-refractivity contribution in [2.24, 2.45) is 7.05 Å². The van der Waals surface area contributed by atoms with Crippen molar-refractivity contribution in [1.82, 2.24) is 9.47 Å². The van der Waals surface area contributed by atoms with Gasteiger partial charge in [-0.1, -0.05) is 30.3 Å². The van der Waals surface area contributed by atoms with E-state index >= 15 is 0 Å². The van der Waals surface area contributed by atoms with Crippen molar-refractivity contribution in [3.63, 3.8) is 0 Å². The zero-order chi connectivity index (χ0) is 20.9. The van der Waals surface area contributed by atoms with Crippen LogP contribution in [0.15, 0.2) is 48.5 Å². The first-order valence-electron chi connectivity index (χ1n) is 9.37. The highest BCUT2D eigenvalue weighted by Crippen LogP contribution is 2.42. The molecule has 0 spiro atoms. The predicted molar refractivity (Wildman–Crippen MR) is 109 cm³/mol. The highest BCUT2D eigenvalue weighted by molar-refractivity contribution is 6.20. The number of Topliss-reactive ketones (excluding diaryl/α,β-unsaturated/α-hetero) is 1. The van der Waals surface area contributed by atoms with E-state index < -0.39 is 5.41 Å². The van der Waals surface area contributed by atoms with E-state index in [9.17, 15) is 14.4 Å². The van der Waals surface area contributed by atoms with Crippen LogP contribution in [-0.2, 0) is 17.3 Å². The van der Waals surface area contributed by atoms with Crippen molar-refractivity contribution in [1.29, 1.82) is 0 Å². The molecule has 1 aromatic heterocycles. The Labute approximate surface area is 168 Å². The first kappa shape index (κ1) is 18.9. The van der Waals surface area contributed by atoms with Crippen molar-refractivity contribution >= 4 is 28.5 Å². The van der Waals surface area contributed by atoms with E-state index in [1.54, 1.807) is 31.2 Å². The maximum Gasteiger partial charge on any atom is 0.262 e. The molecule has 3 aromatic rings. The van der Waals surface area contributed by atoms with Gasteiger partial charge in [0.15, 0.2) is 5.78 Å². The fourth-order valence-electron chi connectivity index (χ4n) is 4.37. The number of amides is 2. The third-order valence-electron chi connectivity index (χ3n) is 5.83. The van der Waals surface area contributed by atoms with Gasteiger partial charge in [-0.15, -0.1) is 0 Å². The van der Waals surface area contributed by atoms with Gasteiger partial charge in [-0.3, -0.25) is 19.3 Å². The van der Waals surface area contributed by atoms with Crippen LogP contribution in [0, 0.1) is 0 Å². The normalized spacial score (nSPS) is 18.8. The number of carbonyl (C=O) groups is 3. The number of hydrogen-bond donors (Lipinski definition) is 0. The summed E-state index contributed by atoms with van der Waals surface area (Å²) in [6.45, 7) is 1.74. The van der Waals surface area contributed by atoms with Gasteiger partial charge in [0.2, 0.25) is 5.91 Å². The fraction of sp³-hybridized carbons (Fsp3) is 0.261. The van der Waals surface area contributed by atoms with E-state index in [-0.39, 0.29) is 24.0 Å². The van der Waals surface area contributed by atoms with Crippen LogP contribution >= 0.6 is 0 Å². The number of rotatable bonds is 4. The Morgan fingerprint density at radius 2 is 1.79 bits per heavy atom. The standard InChI is InChI=1S/C23H22N2O4/c1-23(13-18(26)14-8-7-9-15(12-14)29-4)20-19(21(27)25(3)22(23)28)16-10-5-6-11-17(16)24(20)2/h5-12H,13H2,1-4H3. The summed E-state index contributed by atoms with van der Waals surface area (Å²) in [5.41, 5.74) is 1.24. The second-order valence-electron chi connectivity index (χ2n) is 7.63. The molecule has 6 heteroatoms. The molecule has 0 fully saturated rings. The molecule has 0 saturated carbocycles. The number of imide groups is 1. The largest absolute Gasteiger partial charge is 0.497 e. The van der Waals surface area contributed by atoms with Gasteiger partial charge in [0.25, 0.3) is 5.91 Å². The van der Waals surface area contributed by atoms with Crippen molar-refractivity contribution in [3.05, 3.63) is 65.4 Å². The highest BCUT2D eigenvalue weighted by atomic mass is 16.5. The number of hydrogen-bond acceptors (Lipinski definition) is 4. The molecule has 0 bridgehead atoms. The number of para-hydroxylation sites is 1. The molecule has 2 amide bonds. The Balaban J connectivity index is 1.88. The lowest BCUT2D eigenvalue weighted by Crippen LogP contribution is -2.52. The first-order chi connectivity index (χ1) is 13.8. The molecule has 1 unspecified atom stereocenters. The van der Waals surface area contributed by atoms with E-state index in [1.165, 1.54) is 14.2 Å². The number of likely N-dealkylation sites (N-methyl/N-ethyl adjacent to an activating group) is 1. The molecule has 0 radical (unpaired) electrons. The number of ketones is 1. The fourth-order valence-corrected chi connectivity index (χ4v) is 4.37. The van der Waals surface area contributed by atoms with Crippen LogP contribution in [0.5, 0.6) is 5.75 Å². The Morgan fingerprint density at radius 3 is 2.52 bits per heavy atom. The molecule has 0 saturated heterocycles. The average Bonchev–Trinajstić information content (AvgIpc) is 3.04. The number of aryl methyl sites for hydroxylation is 1. The van der Waals surface area contributed by atoms with Gasteiger partial charge in [-0.05, 0) is 25.1 Å². The van der Waals surface area contributed by atoms with Gasteiger partial charge in [0.1, 0.15) is 5.75 Å². The second-order valence-corrected chi connectivity index (χ2v) is 7.63. The molecule has 1 aliphatic rings. The predicted octanol–water partition coefficient (Wildman–Crippen LogP) is 3.33. The summed E-state index contributed by atoms with van der Waals surface area (Å²) in [7, 11) is 4.85. The Morgan fingerprint density at radius 1 is 1.07 bits per heavy atom. The Kier molecular flexibility index (Phi) is 4.30. The Hall–Kier alpha value is -3.41. The van der Waals surface area contributed by atoms with E-state index in [0.717, 1.165) is 15.8 Å². The first-order valence-corrected chi connectivity index (χ1v) is 9.37. The number of nitrogens with zero attached hydrogens (tertiary/aromatic N) is 2. The molecule has 0 N–H and O–H groups in total. The smallest absolute Gasteiger partial charge is 0.262 e. The highest BCUT2D eigenvalue weighted by Gasteiger charge is 2.50. The van der Waals surface area contributed by atoms with Crippen molar-refractivity contribution in [2.75, 3.05) is 14.2 Å². The summed E-state index contributed by atoms with van der Waals surface area (Å²) in [4.78, 5) is 40.5. The van der Waals surface area contributed by atoms with Gasteiger partial charge < -0.3 is 9.30 Å². The number of benzene rings is 2.